The number of amides is 3. The molecule has 0 spiro atoms. The smallest absolute Gasteiger partial charge is 0.323 e. The lowest BCUT2D eigenvalue weighted by Gasteiger charge is -2.38. The molecule has 3 aromatic carbocycles. The van der Waals surface area contributed by atoms with E-state index in [1.54, 1.807) is 13.2 Å². The fraction of sp³-hybridized carbons (Fsp3) is 0.429. The van der Waals surface area contributed by atoms with E-state index in [9.17, 15) is 9.59 Å². The van der Waals surface area contributed by atoms with Crippen LogP contribution < -0.4 is 30.5 Å². The Hall–Kier alpha value is -4.20. The van der Waals surface area contributed by atoms with E-state index < -0.39 is 0 Å². The maximum Gasteiger partial charge on any atom is 0.323 e. The summed E-state index contributed by atoms with van der Waals surface area (Å²) in [5.41, 5.74) is 6.09. The van der Waals surface area contributed by atoms with Gasteiger partial charge in [-0.2, -0.15) is 0 Å². The number of anilines is 4. The number of urea groups is 1. The first-order chi connectivity index (χ1) is 20.6. The maximum absolute atomic E-state index is 13.5. The molecule has 4 rings (SSSR count). The molecule has 3 amide bonds. The third-order valence-electron chi connectivity index (χ3n) is 7.83. The van der Waals surface area contributed by atoms with Crippen LogP contribution in [-0.2, 0) is 0 Å². The molecule has 3 N–H and O–H groups in total. The fourth-order valence-corrected chi connectivity index (χ4v) is 5.51. The number of carbonyl (C=O) groups is 2. The van der Waals surface area contributed by atoms with E-state index in [-0.39, 0.29) is 23.8 Å². The van der Waals surface area contributed by atoms with Crippen molar-refractivity contribution in [3.8, 4) is 5.75 Å². The predicted octanol–water partition coefficient (Wildman–Crippen LogP) is 7.30. The maximum atomic E-state index is 13.5. The van der Waals surface area contributed by atoms with Gasteiger partial charge in [-0.25, -0.2) is 4.79 Å². The largest absolute Gasteiger partial charge is 0.495 e. The monoisotopic (exact) mass is 585 g/mol. The molecule has 0 radical (unpaired) electrons. The molecule has 1 heterocycles. The van der Waals surface area contributed by atoms with Gasteiger partial charge in [0.1, 0.15) is 5.75 Å². The second kappa shape index (κ2) is 14.3. The van der Waals surface area contributed by atoms with Gasteiger partial charge in [0.25, 0.3) is 5.91 Å². The average molecular weight is 586 g/mol. The summed E-state index contributed by atoms with van der Waals surface area (Å²) in [6.07, 6.45) is 0. The summed E-state index contributed by atoms with van der Waals surface area (Å²) < 4.78 is 5.58. The summed E-state index contributed by atoms with van der Waals surface area (Å²) in [5, 5.41) is 9.16. The van der Waals surface area contributed by atoms with Gasteiger partial charge in [-0.1, -0.05) is 71.9 Å². The zero-order chi connectivity index (χ0) is 31.1. The SMILES string of the molecule is COc1ccccc1N1CCN(c2ccc(NC(=O)Nc3c(C(C)C)cccc3C(C)C)cc2C(=O)NCC(C)C)CC1. The highest BCUT2D eigenvalue weighted by Crippen LogP contribution is 2.33. The lowest BCUT2D eigenvalue weighted by Crippen LogP contribution is -2.47. The van der Waals surface area contributed by atoms with E-state index in [0.29, 0.717) is 23.7 Å². The lowest BCUT2D eigenvalue weighted by atomic mass is 9.93. The molecule has 1 saturated heterocycles. The predicted molar refractivity (Wildman–Crippen MR) is 178 cm³/mol. The van der Waals surface area contributed by atoms with Gasteiger partial charge < -0.3 is 30.5 Å². The van der Waals surface area contributed by atoms with Crippen molar-refractivity contribution in [1.82, 2.24) is 5.32 Å². The highest BCUT2D eigenvalue weighted by atomic mass is 16.5. The lowest BCUT2D eigenvalue weighted by molar-refractivity contribution is 0.0949. The topological polar surface area (TPSA) is 85.9 Å². The minimum Gasteiger partial charge on any atom is -0.495 e. The quantitative estimate of drug-likeness (QED) is 0.233. The highest BCUT2D eigenvalue weighted by Gasteiger charge is 2.24. The van der Waals surface area contributed by atoms with Gasteiger partial charge in [0, 0.05) is 49.8 Å². The summed E-state index contributed by atoms with van der Waals surface area (Å²) in [4.78, 5) is 31.3. The molecule has 0 unspecified atom stereocenters. The van der Waals surface area contributed by atoms with Crippen LogP contribution in [0, 0.1) is 5.92 Å². The number of carbonyl (C=O) groups excluding carboxylic acids is 2. The van der Waals surface area contributed by atoms with E-state index in [0.717, 1.165) is 60.1 Å². The second-order valence-electron chi connectivity index (χ2n) is 12.2. The second-order valence-corrected chi connectivity index (χ2v) is 12.2. The number of rotatable bonds is 10. The van der Waals surface area contributed by atoms with Crippen molar-refractivity contribution in [3.63, 3.8) is 0 Å². The van der Waals surface area contributed by atoms with Crippen LogP contribution in [-0.4, -0.2) is 51.8 Å². The van der Waals surface area contributed by atoms with Crippen molar-refractivity contribution in [2.45, 2.75) is 53.4 Å². The van der Waals surface area contributed by atoms with Gasteiger partial charge in [-0.15, -0.1) is 0 Å². The summed E-state index contributed by atoms with van der Waals surface area (Å²) >= 11 is 0. The van der Waals surface area contributed by atoms with Crippen molar-refractivity contribution in [2.24, 2.45) is 5.92 Å². The first-order valence-corrected chi connectivity index (χ1v) is 15.3. The van der Waals surface area contributed by atoms with Crippen molar-refractivity contribution in [3.05, 3.63) is 77.4 Å². The molecule has 1 aliphatic rings. The first-order valence-electron chi connectivity index (χ1n) is 15.3. The standard InChI is InChI=1S/C35H47N5O3/c1-23(2)22-36-34(41)29-21-26(37-35(42)38-33-27(24(3)4)11-10-12-28(33)25(5)6)15-16-30(29)39-17-19-40(20-18-39)31-13-8-9-14-32(31)43-7/h8-16,21,23-25H,17-20,22H2,1-7H3,(H,36,41)(H2,37,38,42). The molecule has 0 aromatic heterocycles. The van der Waals surface area contributed by atoms with E-state index >= 15 is 0 Å². The van der Waals surface area contributed by atoms with Gasteiger partial charge >= 0.3 is 6.03 Å². The van der Waals surface area contributed by atoms with Crippen LogP contribution in [0.2, 0.25) is 0 Å². The molecule has 0 atom stereocenters. The van der Waals surface area contributed by atoms with Crippen LogP contribution >= 0.6 is 0 Å². The summed E-state index contributed by atoms with van der Waals surface area (Å²) in [7, 11) is 1.69. The van der Waals surface area contributed by atoms with Crippen LogP contribution in [0.25, 0.3) is 0 Å². The van der Waals surface area contributed by atoms with Crippen molar-refractivity contribution in [2.75, 3.05) is 60.3 Å². The Kier molecular flexibility index (Phi) is 10.6. The van der Waals surface area contributed by atoms with Gasteiger partial charge in [0.15, 0.2) is 0 Å². The van der Waals surface area contributed by atoms with Crippen LogP contribution in [0.5, 0.6) is 5.75 Å². The Morgan fingerprint density at radius 1 is 0.767 bits per heavy atom. The van der Waals surface area contributed by atoms with Crippen molar-refractivity contribution in [1.29, 1.82) is 0 Å². The molecule has 3 aromatic rings. The molecule has 0 aliphatic carbocycles. The average Bonchev–Trinajstić information content (AvgIpc) is 2.99. The van der Waals surface area contributed by atoms with E-state index in [2.05, 4.69) is 85.5 Å². The molecule has 1 aliphatic heterocycles. The van der Waals surface area contributed by atoms with Crippen molar-refractivity contribution < 1.29 is 14.3 Å². The van der Waals surface area contributed by atoms with Gasteiger partial charge in [0.05, 0.1) is 18.4 Å². The van der Waals surface area contributed by atoms with E-state index in [4.69, 9.17) is 4.74 Å². The van der Waals surface area contributed by atoms with Crippen LogP contribution in [0.4, 0.5) is 27.5 Å². The number of hydrogen-bond donors (Lipinski definition) is 3. The number of piperazine rings is 1. The zero-order valence-electron chi connectivity index (χ0n) is 26.7. The van der Waals surface area contributed by atoms with Gasteiger partial charge in [0.2, 0.25) is 0 Å². The molecular formula is C35H47N5O3. The Morgan fingerprint density at radius 3 is 1.95 bits per heavy atom. The molecule has 0 saturated carbocycles. The Morgan fingerprint density at radius 2 is 1.37 bits per heavy atom. The van der Waals surface area contributed by atoms with Crippen LogP contribution in [0.1, 0.15) is 74.9 Å². The number of benzene rings is 3. The Labute approximate surface area is 256 Å². The minimum atomic E-state index is -0.332. The summed E-state index contributed by atoms with van der Waals surface area (Å²) in [6, 6.07) is 19.5. The molecule has 1 fully saturated rings. The molecule has 43 heavy (non-hydrogen) atoms. The molecule has 0 bridgehead atoms. The summed E-state index contributed by atoms with van der Waals surface area (Å²) in [5.74, 6) is 1.54. The normalized spacial score (nSPS) is 13.4. The van der Waals surface area contributed by atoms with Crippen molar-refractivity contribution >= 4 is 34.7 Å². The van der Waals surface area contributed by atoms with E-state index in [1.165, 1.54) is 0 Å². The first kappa shape index (κ1) is 31.7. The van der Waals surface area contributed by atoms with Crippen LogP contribution in [0.15, 0.2) is 60.7 Å². The number of ether oxygens (including phenoxy) is 1. The van der Waals surface area contributed by atoms with Gasteiger partial charge in [-0.3, -0.25) is 4.79 Å². The third-order valence-corrected chi connectivity index (χ3v) is 7.83. The third kappa shape index (κ3) is 7.80. The van der Waals surface area contributed by atoms with Gasteiger partial charge in [-0.05, 0) is 59.2 Å². The number of para-hydroxylation sites is 3. The minimum absolute atomic E-state index is 0.146. The number of hydrogen-bond acceptors (Lipinski definition) is 5. The number of nitrogens with one attached hydrogen (secondary N) is 3. The molecule has 8 heteroatoms. The van der Waals surface area contributed by atoms with E-state index in [1.807, 2.05) is 36.4 Å². The van der Waals surface area contributed by atoms with Crippen LogP contribution in [0.3, 0.4) is 0 Å². The zero-order valence-corrected chi connectivity index (χ0v) is 26.7. The summed E-state index contributed by atoms with van der Waals surface area (Å²) in [6.45, 7) is 16.3. The Balaban J connectivity index is 1.55. The number of nitrogens with zero attached hydrogens (tertiary/aromatic N) is 2. The molecule has 230 valence electrons. The molecular weight excluding hydrogens is 538 g/mol. The highest BCUT2D eigenvalue weighted by molar-refractivity contribution is 6.04. The molecule has 8 nitrogen and oxygen atoms in total. The number of methoxy groups -OCH3 is 1. The Bertz CT molecular complexity index is 1380. The fourth-order valence-electron chi connectivity index (χ4n) is 5.51.